The SMILES string of the molecule is C=C(C)C(=O)NCC(C)OC(=O)C(C(=O)OC(C)CNC(=O)C(=C)C)C(O)CCCO. The zero-order valence-corrected chi connectivity index (χ0v) is 18.6. The number of carbonyl (C=O) groups excluding carboxylic acids is 4. The molecule has 3 unspecified atom stereocenters. The van der Waals surface area contributed by atoms with Gasteiger partial charge in [-0.05, 0) is 40.5 Å². The first kappa shape index (κ1) is 28.3. The van der Waals surface area contributed by atoms with Crippen LogP contribution >= 0.6 is 0 Å². The zero-order chi connectivity index (χ0) is 24.1. The summed E-state index contributed by atoms with van der Waals surface area (Å²) < 4.78 is 10.4. The molecule has 0 aromatic rings. The molecular weight excluding hydrogens is 408 g/mol. The summed E-state index contributed by atoms with van der Waals surface area (Å²) in [6.07, 6.45) is -2.90. The Kier molecular flexibility index (Phi) is 13.1. The molecule has 0 saturated carbocycles. The van der Waals surface area contributed by atoms with E-state index >= 15 is 0 Å². The Bertz CT molecular complexity index is 626. The number of hydrogen-bond acceptors (Lipinski definition) is 8. The third-order valence-corrected chi connectivity index (χ3v) is 4.06. The summed E-state index contributed by atoms with van der Waals surface area (Å²) in [4.78, 5) is 48.2. The zero-order valence-electron chi connectivity index (χ0n) is 18.6. The van der Waals surface area contributed by atoms with Crippen LogP contribution < -0.4 is 10.6 Å². The topological polar surface area (TPSA) is 151 Å². The second-order valence-electron chi connectivity index (χ2n) is 7.39. The molecule has 176 valence electrons. The molecule has 0 aliphatic rings. The predicted octanol–water partition coefficient (Wildman–Crippen LogP) is -0.0160. The summed E-state index contributed by atoms with van der Waals surface area (Å²) in [5, 5.41) is 24.3. The van der Waals surface area contributed by atoms with Gasteiger partial charge in [-0.1, -0.05) is 13.2 Å². The van der Waals surface area contributed by atoms with Crippen LogP contribution in [0.3, 0.4) is 0 Å². The monoisotopic (exact) mass is 442 g/mol. The van der Waals surface area contributed by atoms with Gasteiger partial charge in [0.25, 0.3) is 0 Å². The van der Waals surface area contributed by atoms with Crippen molar-refractivity contribution in [1.29, 1.82) is 0 Å². The Labute approximate surface area is 182 Å². The van der Waals surface area contributed by atoms with Crippen molar-refractivity contribution in [2.45, 2.75) is 58.8 Å². The Morgan fingerprint density at radius 3 is 1.58 bits per heavy atom. The van der Waals surface area contributed by atoms with Gasteiger partial charge in [0.1, 0.15) is 12.2 Å². The summed E-state index contributed by atoms with van der Waals surface area (Å²) >= 11 is 0. The van der Waals surface area contributed by atoms with Gasteiger partial charge >= 0.3 is 11.9 Å². The number of ether oxygens (including phenoxy) is 2. The fraction of sp³-hybridized carbons (Fsp3) is 0.619. The highest BCUT2D eigenvalue weighted by atomic mass is 16.6. The average molecular weight is 443 g/mol. The smallest absolute Gasteiger partial charge is 0.323 e. The van der Waals surface area contributed by atoms with Crippen molar-refractivity contribution >= 4 is 23.8 Å². The van der Waals surface area contributed by atoms with E-state index in [9.17, 15) is 24.3 Å². The van der Waals surface area contributed by atoms with Crippen LogP contribution in [0.25, 0.3) is 0 Å². The van der Waals surface area contributed by atoms with Crippen molar-refractivity contribution in [2.24, 2.45) is 5.92 Å². The number of nitrogens with one attached hydrogen (secondary N) is 2. The predicted molar refractivity (Wildman–Crippen MR) is 113 cm³/mol. The van der Waals surface area contributed by atoms with Gasteiger partial charge in [0.2, 0.25) is 11.8 Å². The lowest BCUT2D eigenvalue weighted by Gasteiger charge is -2.24. The van der Waals surface area contributed by atoms with Gasteiger partial charge in [-0.3, -0.25) is 19.2 Å². The molecule has 0 rings (SSSR count). The molecule has 4 N–H and O–H groups in total. The van der Waals surface area contributed by atoms with Crippen molar-refractivity contribution in [3.05, 3.63) is 24.3 Å². The standard InChI is InChI=1S/C21H34N2O8/c1-12(2)18(26)22-10-14(5)30-20(28)17(16(25)8-7-9-24)21(29)31-15(6)11-23-19(27)13(3)4/h14-17,24-25H,1,3,7-11H2,2,4-6H3,(H,22,26)(H,23,27). The van der Waals surface area contributed by atoms with Crippen LogP contribution in [0, 0.1) is 5.92 Å². The molecule has 0 radical (unpaired) electrons. The minimum Gasteiger partial charge on any atom is -0.460 e. The Balaban J connectivity index is 5.06. The van der Waals surface area contributed by atoms with Crippen molar-refractivity contribution in [3.63, 3.8) is 0 Å². The lowest BCUT2D eigenvalue weighted by atomic mass is 9.98. The first-order valence-corrected chi connectivity index (χ1v) is 9.97. The largest absolute Gasteiger partial charge is 0.460 e. The van der Waals surface area contributed by atoms with E-state index in [1.165, 1.54) is 27.7 Å². The maximum absolute atomic E-state index is 12.6. The molecule has 10 nitrogen and oxygen atoms in total. The minimum absolute atomic E-state index is 0.0186. The van der Waals surface area contributed by atoms with E-state index in [-0.39, 0.29) is 43.7 Å². The molecule has 0 spiro atoms. The molecular formula is C21H34N2O8. The van der Waals surface area contributed by atoms with E-state index in [1.807, 2.05) is 0 Å². The van der Waals surface area contributed by atoms with Crippen LogP contribution in [0.2, 0.25) is 0 Å². The summed E-state index contributed by atoms with van der Waals surface area (Å²) in [5.74, 6) is -4.51. The number of carbonyl (C=O) groups is 4. The highest BCUT2D eigenvalue weighted by molar-refractivity contribution is 5.96. The van der Waals surface area contributed by atoms with Crippen LogP contribution in [0.1, 0.15) is 40.5 Å². The second kappa shape index (κ2) is 14.3. The van der Waals surface area contributed by atoms with Gasteiger partial charge in [0.15, 0.2) is 5.92 Å². The van der Waals surface area contributed by atoms with Gasteiger partial charge < -0.3 is 30.3 Å². The summed E-state index contributed by atoms with van der Waals surface area (Å²) in [6, 6.07) is 0. The highest BCUT2D eigenvalue weighted by Gasteiger charge is 2.38. The van der Waals surface area contributed by atoms with E-state index in [0.717, 1.165) is 0 Å². The van der Waals surface area contributed by atoms with Crippen molar-refractivity contribution in [1.82, 2.24) is 10.6 Å². The van der Waals surface area contributed by atoms with Gasteiger partial charge in [-0.25, -0.2) is 0 Å². The van der Waals surface area contributed by atoms with E-state index < -0.39 is 48.0 Å². The maximum Gasteiger partial charge on any atom is 0.323 e. The van der Waals surface area contributed by atoms with Gasteiger partial charge in [-0.2, -0.15) is 0 Å². The molecule has 0 aliphatic carbocycles. The summed E-state index contributed by atoms with van der Waals surface area (Å²) in [7, 11) is 0. The van der Waals surface area contributed by atoms with Gasteiger partial charge in [0.05, 0.1) is 19.2 Å². The number of hydrogen-bond donors (Lipinski definition) is 4. The van der Waals surface area contributed by atoms with Crippen LogP contribution in [0.15, 0.2) is 24.3 Å². The molecule has 0 aromatic carbocycles. The molecule has 2 amide bonds. The number of esters is 2. The molecule has 0 saturated heterocycles. The third-order valence-electron chi connectivity index (χ3n) is 4.06. The molecule has 0 bridgehead atoms. The quantitative estimate of drug-likeness (QED) is 0.166. The summed E-state index contributed by atoms with van der Waals surface area (Å²) in [5.41, 5.74) is 0.569. The fourth-order valence-electron chi connectivity index (χ4n) is 2.28. The first-order chi connectivity index (χ1) is 14.4. The lowest BCUT2D eigenvalue weighted by molar-refractivity contribution is -0.173. The maximum atomic E-state index is 12.6. The Morgan fingerprint density at radius 2 is 1.26 bits per heavy atom. The molecule has 0 heterocycles. The molecule has 10 heteroatoms. The van der Waals surface area contributed by atoms with E-state index in [0.29, 0.717) is 0 Å². The number of amides is 2. The fourth-order valence-corrected chi connectivity index (χ4v) is 2.28. The first-order valence-electron chi connectivity index (χ1n) is 9.97. The molecule has 0 fully saturated rings. The average Bonchev–Trinajstić information content (AvgIpc) is 2.68. The van der Waals surface area contributed by atoms with Crippen LogP contribution in [0.4, 0.5) is 0 Å². The highest BCUT2D eigenvalue weighted by Crippen LogP contribution is 2.16. The normalized spacial score (nSPS) is 14.4. The Morgan fingerprint density at radius 1 is 0.871 bits per heavy atom. The lowest BCUT2D eigenvalue weighted by Crippen LogP contribution is -2.43. The van der Waals surface area contributed by atoms with Crippen LogP contribution in [0.5, 0.6) is 0 Å². The number of aliphatic hydroxyl groups excluding tert-OH is 2. The molecule has 0 aromatic heterocycles. The third kappa shape index (κ3) is 11.3. The van der Waals surface area contributed by atoms with Crippen molar-refractivity contribution < 1.29 is 38.9 Å². The van der Waals surface area contributed by atoms with Crippen molar-refractivity contribution in [3.8, 4) is 0 Å². The van der Waals surface area contributed by atoms with Crippen molar-refractivity contribution in [2.75, 3.05) is 19.7 Å². The van der Waals surface area contributed by atoms with E-state index in [2.05, 4.69) is 23.8 Å². The summed E-state index contributed by atoms with van der Waals surface area (Å²) in [6.45, 7) is 12.8. The number of rotatable bonds is 14. The van der Waals surface area contributed by atoms with Crippen LogP contribution in [-0.4, -0.2) is 72.0 Å². The second-order valence-corrected chi connectivity index (χ2v) is 7.39. The Hall–Kier alpha value is -2.72. The minimum atomic E-state index is -1.65. The molecule has 31 heavy (non-hydrogen) atoms. The van der Waals surface area contributed by atoms with Crippen LogP contribution in [-0.2, 0) is 28.7 Å². The van der Waals surface area contributed by atoms with E-state index in [1.54, 1.807) is 0 Å². The molecule has 3 atom stereocenters. The molecule has 0 aliphatic heterocycles. The van der Waals surface area contributed by atoms with Gasteiger partial charge in [0, 0.05) is 17.8 Å². The number of aliphatic hydroxyl groups is 2. The van der Waals surface area contributed by atoms with E-state index in [4.69, 9.17) is 14.6 Å². The van der Waals surface area contributed by atoms with Gasteiger partial charge in [-0.15, -0.1) is 0 Å².